The summed E-state index contributed by atoms with van der Waals surface area (Å²) < 4.78 is 2.21. The molecule has 3 aromatic carbocycles. The average Bonchev–Trinajstić information content (AvgIpc) is 2.68. The molecule has 4 rings (SSSR count). The van der Waals surface area contributed by atoms with Gasteiger partial charge in [0, 0.05) is 8.95 Å². The van der Waals surface area contributed by atoms with E-state index in [2.05, 4.69) is 80.4 Å². The molecule has 0 saturated carbocycles. The average molecular weight is 360 g/mol. The molecule has 0 nitrogen and oxygen atoms in total. The number of fused-ring (bicyclic) bond motifs is 3. The molecule has 0 aromatic heterocycles. The minimum absolute atomic E-state index is 1.10. The lowest BCUT2D eigenvalue weighted by Gasteiger charge is -2.04. The van der Waals surface area contributed by atoms with E-state index in [0.29, 0.717) is 0 Å². The molecular weight excluding hydrogens is 352 g/mol. The van der Waals surface area contributed by atoms with Crippen molar-refractivity contribution in [2.75, 3.05) is 0 Å². The molecule has 0 unspecified atom stereocenters. The number of hydrogen-bond acceptors (Lipinski definition) is 0. The Bertz CT molecular complexity index is 740. The topological polar surface area (TPSA) is 0 Å². The first-order chi connectivity index (χ1) is 8.75. The molecule has 1 aliphatic rings. The van der Waals surface area contributed by atoms with Crippen molar-refractivity contribution in [3.8, 4) is 22.3 Å². The van der Waals surface area contributed by atoms with Gasteiger partial charge in [-0.1, -0.05) is 36.4 Å². The summed E-state index contributed by atoms with van der Waals surface area (Å²) >= 11 is 7.19. The van der Waals surface area contributed by atoms with Gasteiger partial charge in [0.15, 0.2) is 0 Å². The molecule has 0 aliphatic heterocycles. The molecule has 0 radical (unpaired) electrons. The third-order valence-electron chi connectivity index (χ3n) is 3.55. The van der Waals surface area contributed by atoms with Gasteiger partial charge in [-0.3, -0.25) is 0 Å². The van der Waals surface area contributed by atoms with Crippen molar-refractivity contribution in [2.24, 2.45) is 0 Å². The second-order valence-corrected chi connectivity index (χ2v) is 6.23. The Morgan fingerprint density at radius 3 is 1.61 bits per heavy atom. The van der Waals surface area contributed by atoms with Gasteiger partial charge in [-0.15, -0.1) is 0 Å². The van der Waals surface area contributed by atoms with Crippen LogP contribution in [0.5, 0.6) is 0 Å². The third kappa shape index (κ3) is 1.30. The molecule has 0 amide bonds. The summed E-state index contributed by atoms with van der Waals surface area (Å²) in [6.45, 7) is 0. The zero-order valence-corrected chi connectivity index (χ0v) is 12.5. The van der Waals surface area contributed by atoms with Gasteiger partial charge in [-0.2, -0.15) is 0 Å². The van der Waals surface area contributed by atoms with Crippen LogP contribution in [0.15, 0.2) is 57.5 Å². The van der Waals surface area contributed by atoms with Crippen molar-refractivity contribution in [1.82, 2.24) is 0 Å². The van der Waals surface area contributed by atoms with E-state index in [1.165, 1.54) is 33.0 Å². The Morgan fingerprint density at radius 2 is 1.11 bits per heavy atom. The largest absolute Gasteiger partial charge is 0.0610 e. The predicted molar refractivity (Wildman–Crippen MR) is 83.8 cm³/mol. The minimum atomic E-state index is 1.10. The highest BCUT2D eigenvalue weighted by Crippen LogP contribution is 2.49. The maximum absolute atomic E-state index is 3.59. The Kier molecular flexibility index (Phi) is 2.21. The molecule has 18 heavy (non-hydrogen) atoms. The number of halogens is 2. The number of rotatable bonds is 0. The second-order valence-electron chi connectivity index (χ2n) is 4.52. The van der Waals surface area contributed by atoms with Crippen LogP contribution in [0.25, 0.3) is 33.0 Å². The lowest BCUT2D eigenvalue weighted by molar-refractivity contribution is 1.59. The van der Waals surface area contributed by atoms with E-state index in [-0.39, 0.29) is 0 Å². The molecule has 0 atom stereocenters. The van der Waals surface area contributed by atoms with Crippen LogP contribution in [0.2, 0.25) is 0 Å². The first-order valence-electron chi connectivity index (χ1n) is 5.77. The SMILES string of the molecule is Brc1cc2c(cc1Br)-c1cccc3cccc-2c13. The lowest BCUT2D eigenvalue weighted by Crippen LogP contribution is -1.78. The molecule has 0 saturated heterocycles. The molecule has 0 fully saturated rings. The van der Waals surface area contributed by atoms with Gasteiger partial charge in [-0.05, 0) is 77.0 Å². The van der Waals surface area contributed by atoms with Gasteiger partial charge < -0.3 is 0 Å². The van der Waals surface area contributed by atoms with E-state index in [9.17, 15) is 0 Å². The predicted octanol–water partition coefficient (Wildman–Crippen LogP) is 6.01. The highest BCUT2D eigenvalue weighted by atomic mass is 79.9. The minimum Gasteiger partial charge on any atom is -0.0610 e. The van der Waals surface area contributed by atoms with Crippen molar-refractivity contribution in [3.05, 3.63) is 57.5 Å². The zero-order valence-electron chi connectivity index (χ0n) is 9.37. The normalized spacial score (nSPS) is 11.9. The molecule has 0 N–H and O–H groups in total. The Labute approximate surface area is 122 Å². The van der Waals surface area contributed by atoms with Crippen LogP contribution in [0, 0.1) is 0 Å². The summed E-state index contributed by atoms with van der Waals surface area (Å²) in [6, 6.07) is 17.4. The second kappa shape index (κ2) is 3.69. The summed E-state index contributed by atoms with van der Waals surface area (Å²) in [4.78, 5) is 0. The summed E-state index contributed by atoms with van der Waals surface area (Å²) in [5, 5.41) is 2.69. The van der Waals surface area contributed by atoms with E-state index in [1.54, 1.807) is 0 Å². The van der Waals surface area contributed by atoms with E-state index in [1.807, 2.05) is 0 Å². The fraction of sp³-hybridized carbons (Fsp3) is 0. The number of benzene rings is 3. The lowest BCUT2D eigenvalue weighted by atomic mass is 10.0. The maximum atomic E-state index is 3.59. The zero-order chi connectivity index (χ0) is 12.3. The summed E-state index contributed by atoms with van der Waals surface area (Å²) in [5.74, 6) is 0. The van der Waals surface area contributed by atoms with Crippen molar-refractivity contribution in [2.45, 2.75) is 0 Å². The summed E-state index contributed by atoms with van der Waals surface area (Å²) in [5.41, 5.74) is 5.31. The standard InChI is InChI=1S/C16H8Br2/c17-14-7-12-10-5-1-3-9-4-2-6-11(16(9)10)13(12)8-15(14)18/h1-8H. The van der Waals surface area contributed by atoms with Gasteiger partial charge >= 0.3 is 0 Å². The Balaban J connectivity index is 2.24. The van der Waals surface area contributed by atoms with Crippen LogP contribution in [-0.2, 0) is 0 Å². The Hall–Kier alpha value is -1.12. The van der Waals surface area contributed by atoms with Crippen molar-refractivity contribution in [3.63, 3.8) is 0 Å². The van der Waals surface area contributed by atoms with Crippen LogP contribution < -0.4 is 0 Å². The quantitative estimate of drug-likeness (QED) is 0.360. The van der Waals surface area contributed by atoms with Gasteiger partial charge in [0.25, 0.3) is 0 Å². The van der Waals surface area contributed by atoms with Gasteiger partial charge in [0.2, 0.25) is 0 Å². The maximum Gasteiger partial charge on any atom is 0.0324 e. The monoisotopic (exact) mass is 358 g/mol. The van der Waals surface area contributed by atoms with E-state index in [0.717, 1.165) is 8.95 Å². The van der Waals surface area contributed by atoms with Crippen molar-refractivity contribution in [1.29, 1.82) is 0 Å². The first-order valence-corrected chi connectivity index (χ1v) is 7.36. The molecule has 86 valence electrons. The molecule has 2 heteroatoms. The van der Waals surface area contributed by atoms with Crippen molar-refractivity contribution < 1.29 is 0 Å². The fourth-order valence-corrected chi connectivity index (χ4v) is 3.47. The van der Waals surface area contributed by atoms with Crippen LogP contribution in [0.4, 0.5) is 0 Å². The molecule has 0 bridgehead atoms. The Morgan fingerprint density at radius 1 is 0.611 bits per heavy atom. The van der Waals surface area contributed by atoms with Crippen LogP contribution in [0.1, 0.15) is 0 Å². The molecule has 3 aromatic rings. The smallest absolute Gasteiger partial charge is 0.0324 e. The van der Waals surface area contributed by atoms with Gasteiger partial charge in [0.05, 0.1) is 0 Å². The molecular formula is C16H8Br2. The van der Waals surface area contributed by atoms with Crippen molar-refractivity contribution >= 4 is 42.6 Å². The fourth-order valence-electron chi connectivity index (χ4n) is 2.78. The van der Waals surface area contributed by atoms with E-state index in [4.69, 9.17) is 0 Å². The number of hydrogen-bond donors (Lipinski definition) is 0. The molecule has 0 spiro atoms. The van der Waals surface area contributed by atoms with Gasteiger partial charge in [-0.25, -0.2) is 0 Å². The summed E-state index contributed by atoms with van der Waals surface area (Å²) in [6.07, 6.45) is 0. The molecule has 0 heterocycles. The van der Waals surface area contributed by atoms with Crippen LogP contribution in [0.3, 0.4) is 0 Å². The van der Waals surface area contributed by atoms with Gasteiger partial charge in [0.1, 0.15) is 0 Å². The van der Waals surface area contributed by atoms with E-state index < -0.39 is 0 Å². The van der Waals surface area contributed by atoms with E-state index >= 15 is 0 Å². The van der Waals surface area contributed by atoms with Crippen LogP contribution in [-0.4, -0.2) is 0 Å². The third-order valence-corrected chi connectivity index (χ3v) is 5.39. The van der Waals surface area contributed by atoms with Crippen LogP contribution >= 0.6 is 31.9 Å². The highest BCUT2D eigenvalue weighted by molar-refractivity contribution is 9.13. The highest BCUT2D eigenvalue weighted by Gasteiger charge is 2.21. The first kappa shape index (κ1) is 10.8. The molecule has 1 aliphatic carbocycles. The summed E-state index contributed by atoms with van der Waals surface area (Å²) in [7, 11) is 0.